The highest BCUT2D eigenvalue weighted by atomic mass is 35.5. The highest BCUT2D eigenvalue weighted by Gasteiger charge is 2.39. The minimum atomic E-state index is -2.50. The summed E-state index contributed by atoms with van der Waals surface area (Å²) in [5.74, 6) is 0. The Morgan fingerprint density at radius 2 is 0.921 bits per heavy atom. The smallest absolute Gasteiger partial charge is 0.397 e. The molecule has 0 rings (SSSR count). The molecule has 0 aromatic heterocycles. The summed E-state index contributed by atoms with van der Waals surface area (Å²) >= 11 is 0. The molecule has 0 saturated carbocycles. The van der Waals surface area contributed by atoms with Crippen LogP contribution < -0.4 is 5.32 Å². The van der Waals surface area contributed by atoms with E-state index < -0.39 is 8.80 Å². The van der Waals surface area contributed by atoms with E-state index in [9.17, 15) is 0 Å². The van der Waals surface area contributed by atoms with Gasteiger partial charge in [0.25, 0.3) is 0 Å². The Balaban J connectivity index is -0.00000291. The van der Waals surface area contributed by atoms with Gasteiger partial charge < -0.3 is 23.7 Å². The van der Waals surface area contributed by atoms with Crippen LogP contribution in [-0.4, -0.2) is 52.4 Å². The fourth-order valence-corrected chi connectivity index (χ4v) is 7.37. The normalized spacial score (nSPS) is 11.7. The van der Waals surface area contributed by atoms with Gasteiger partial charge in [-0.25, -0.2) is 0 Å². The second kappa shape index (κ2) is 31.8. The molecule has 0 saturated heterocycles. The van der Waals surface area contributed by atoms with Crippen molar-refractivity contribution in [3.8, 4) is 0 Å². The largest absolute Gasteiger partial charge is 0.500 e. The average Bonchev–Trinajstić information content (AvgIpc) is 2.85. The zero-order chi connectivity index (χ0) is 28.1. The van der Waals surface area contributed by atoms with Crippen LogP contribution in [0.3, 0.4) is 0 Å². The molecule has 2 N–H and O–H groups in total. The van der Waals surface area contributed by atoms with E-state index in [0.717, 1.165) is 19.0 Å². The quantitative estimate of drug-likeness (QED) is 0.0744. The standard InChI is InChI=1S/C29H63NO3Si.C2H6O.ClH/c1-7-11-12-13-14-15-16-17-18-19-20-21-22-23-24-26-29(5,6)30-27-25-28-34(31-8-2,32-9-3)33-10-4;1-2-3;/h30H,7-28H2,1-6H3;3H,2H2,1H3;1H. The van der Waals surface area contributed by atoms with E-state index in [4.69, 9.17) is 18.4 Å². The first kappa shape index (κ1) is 42.8. The Morgan fingerprint density at radius 3 is 1.26 bits per heavy atom. The molecule has 0 aromatic rings. The van der Waals surface area contributed by atoms with Crippen LogP contribution in [-0.2, 0) is 13.3 Å². The van der Waals surface area contributed by atoms with E-state index in [0.29, 0.717) is 19.8 Å². The number of aliphatic hydroxyl groups is 1. The van der Waals surface area contributed by atoms with Gasteiger partial charge in [-0.2, -0.15) is 0 Å². The molecule has 0 unspecified atom stereocenters. The third-order valence-corrected chi connectivity index (χ3v) is 9.91. The zero-order valence-electron chi connectivity index (χ0n) is 26.8. The summed E-state index contributed by atoms with van der Waals surface area (Å²) in [5.41, 5.74) is 0.198. The first-order valence-corrected chi connectivity index (χ1v) is 18.1. The van der Waals surface area contributed by atoms with Crippen molar-refractivity contribution in [3.63, 3.8) is 0 Å². The van der Waals surface area contributed by atoms with Crippen molar-refractivity contribution < 1.29 is 18.4 Å². The molecule has 0 aromatic carbocycles. The van der Waals surface area contributed by atoms with Gasteiger partial charge in [0, 0.05) is 38.0 Å². The molecule has 7 heteroatoms. The molecule has 38 heavy (non-hydrogen) atoms. The van der Waals surface area contributed by atoms with Gasteiger partial charge >= 0.3 is 8.80 Å². The van der Waals surface area contributed by atoms with E-state index in [1.807, 2.05) is 20.8 Å². The van der Waals surface area contributed by atoms with Crippen LogP contribution in [0.5, 0.6) is 0 Å². The number of hydrogen-bond donors (Lipinski definition) is 2. The predicted molar refractivity (Wildman–Crippen MR) is 172 cm³/mol. The van der Waals surface area contributed by atoms with Crippen LogP contribution in [0.4, 0.5) is 0 Å². The number of hydrogen-bond acceptors (Lipinski definition) is 5. The molecular weight excluding hydrogens is 514 g/mol. The van der Waals surface area contributed by atoms with Gasteiger partial charge in [-0.1, -0.05) is 103 Å². The van der Waals surface area contributed by atoms with Crippen LogP contribution in [0.25, 0.3) is 0 Å². The van der Waals surface area contributed by atoms with Crippen LogP contribution in [0.1, 0.15) is 158 Å². The molecule has 0 aliphatic heterocycles. The predicted octanol–water partition coefficient (Wildman–Crippen LogP) is 9.47. The molecule has 0 amide bonds. The SMILES string of the molecule is CCCCCCCCCCCCCCCCCC(C)(C)NCCC[Si](OCC)(OCC)OCC.CCO.Cl. The lowest BCUT2D eigenvalue weighted by molar-refractivity contribution is 0.0706. The van der Waals surface area contributed by atoms with E-state index in [2.05, 4.69) is 26.1 Å². The Hall–Kier alpha value is 0.307. The van der Waals surface area contributed by atoms with Gasteiger partial charge in [-0.05, 0) is 60.9 Å². The molecule has 0 bridgehead atoms. The second-order valence-corrected chi connectivity index (χ2v) is 13.6. The third-order valence-electron chi connectivity index (χ3n) is 6.76. The molecule has 0 fully saturated rings. The third kappa shape index (κ3) is 29.3. The summed E-state index contributed by atoms with van der Waals surface area (Å²) in [6.45, 7) is 18.0. The van der Waals surface area contributed by atoms with Gasteiger partial charge in [-0.3, -0.25) is 0 Å². The monoisotopic (exact) mass is 583 g/mol. The number of rotatable bonds is 27. The van der Waals surface area contributed by atoms with Crippen LogP contribution in [0.15, 0.2) is 0 Å². The Bertz CT molecular complexity index is 427. The fourth-order valence-electron chi connectivity index (χ4n) is 4.76. The molecule has 0 atom stereocenters. The summed E-state index contributed by atoms with van der Waals surface area (Å²) < 4.78 is 17.9. The van der Waals surface area contributed by atoms with E-state index in [-0.39, 0.29) is 24.6 Å². The summed E-state index contributed by atoms with van der Waals surface area (Å²) in [7, 11) is -2.50. The topological polar surface area (TPSA) is 60.0 Å². The van der Waals surface area contributed by atoms with Gasteiger partial charge in [0.05, 0.1) is 0 Å². The lowest BCUT2D eigenvalue weighted by atomic mass is 9.95. The molecule has 5 nitrogen and oxygen atoms in total. The van der Waals surface area contributed by atoms with Crippen LogP contribution in [0, 0.1) is 0 Å². The lowest BCUT2D eigenvalue weighted by Gasteiger charge is -2.30. The van der Waals surface area contributed by atoms with Crippen molar-refractivity contribution in [2.24, 2.45) is 0 Å². The van der Waals surface area contributed by atoms with Crippen molar-refractivity contribution >= 4 is 21.2 Å². The first-order chi connectivity index (χ1) is 17.9. The van der Waals surface area contributed by atoms with Gasteiger partial charge in [0.2, 0.25) is 0 Å². The molecule has 234 valence electrons. The van der Waals surface area contributed by atoms with Gasteiger partial charge in [0.1, 0.15) is 0 Å². The van der Waals surface area contributed by atoms with Crippen molar-refractivity contribution in [1.29, 1.82) is 0 Å². The minimum absolute atomic E-state index is 0. The Kier molecular flexibility index (Phi) is 35.8. The van der Waals surface area contributed by atoms with E-state index in [1.165, 1.54) is 103 Å². The maximum Gasteiger partial charge on any atom is 0.500 e. The number of halogens is 1. The van der Waals surface area contributed by atoms with E-state index in [1.54, 1.807) is 6.92 Å². The second-order valence-electron chi connectivity index (χ2n) is 10.9. The van der Waals surface area contributed by atoms with Gasteiger partial charge in [0.15, 0.2) is 0 Å². The molecule has 0 radical (unpaired) electrons. The van der Waals surface area contributed by atoms with E-state index >= 15 is 0 Å². The fraction of sp³-hybridized carbons (Fsp3) is 1.00. The maximum atomic E-state index is 7.57. The van der Waals surface area contributed by atoms with Crippen LogP contribution >= 0.6 is 12.4 Å². The van der Waals surface area contributed by atoms with Crippen molar-refractivity contribution in [2.45, 2.75) is 169 Å². The number of aliphatic hydroxyl groups excluding tert-OH is 1. The maximum absolute atomic E-state index is 7.57. The minimum Gasteiger partial charge on any atom is -0.397 e. The summed E-state index contributed by atoms with van der Waals surface area (Å²) in [6.07, 6.45) is 23.7. The summed E-state index contributed by atoms with van der Waals surface area (Å²) in [4.78, 5) is 0. The molecule has 0 spiro atoms. The zero-order valence-corrected chi connectivity index (χ0v) is 28.7. The number of nitrogens with one attached hydrogen (secondary N) is 1. The molecule has 0 aliphatic carbocycles. The van der Waals surface area contributed by atoms with Crippen molar-refractivity contribution in [1.82, 2.24) is 5.32 Å². The molecule has 0 heterocycles. The molecular formula is C31H70ClNO4Si. The van der Waals surface area contributed by atoms with Gasteiger partial charge in [-0.15, -0.1) is 12.4 Å². The summed E-state index contributed by atoms with van der Waals surface area (Å²) in [5, 5.41) is 11.3. The average molecular weight is 584 g/mol. The molecule has 0 aliphatic rings. The summed E-state index contributed by atoms with van der Waals surface area (Å²) in [6, 6.07) is 0.893. The Morgan fingerprint density at radius 1 is 0.579 bits per heavy atom. The van der Waals surface area contributed by atoms with Crippen molar-refractivity contribution in [3.05, 3.63) is 0 Å². The highest BCUT2D eigenvalue weighted by Crippen LogP contribution is 2.20. The Labute approximate surface area is 246 Å². The lowest BCUT2D eigenvalue weighted by Crippen LogP contribution is -2.47. The highest BCUT2D eigenvalue weighted by molar-refractivity contribution is 6.60. The van der Waals surface area contributed by atoms with Crippen LogP contribution in [0.2, 0.25) is 6.04 Å². The number of unbranched alkanes of at least 4 members (excludes halogenated alkanes) is 14. The van der Waals surface area contributed by atoms with Crippen molar-refractivity contribution in [2.75, 3.05) is 33.0 Å². The first-order valence-electron chi connectivity index (χ1n) is 16.1.